The van der Waals surface area contributed by atoms with E-state index in [4.69, 9.17) is 0 Å². The summed E-state index contributed by atoms with van der Waals surface area (Å²) >= 11 is 1.40. The molecule has 2 atom stereocenters. The number of piperidine rings is 1. The molecule has 2 aliphatic heterocycles. The van der Waals surface area contributed by atoms with Gasteiger partial charge in [-0.3, -0.25) is 9.59 Å². The summed E-state index contributed by atoms with van der Waals surface area (Å²) in [4.78, 5) is 39.2. The van der Waals surface area contributed by atoms with Crippen molar-refractivity contribution in [3.05, 3.63) is 58.3 Å². The van der Waals surface area contributed by atoms with Crippen molar-refractivity contribution in [1.29, 1.82) is 0 Å². The van der Waals surface area contributed by atoms with Crippen LogP contribution in [-0.2, 0) is 11.3 Å². The molecule has 7 nitrogen and oxygen atoms in total. The van der Waals surface area contributed by atoms with Gasteiger partial charge in [-0.15, -0.1) is 0 Å². The Kier molecular flexibility index (Phi) is 5.80. The van der Waals surface area contributed by atoms with E-state index in [1.54, 1.807) is 15.5 Å². The molecule has 2 N–H and O–H groups in total. The number of aromatic nitrogens is 1. The van der Waals surface area contributed by atoms with Gasteiger partial charge in [-0.25, -0.2) is 9.18 Å². The van der Waals surface area contributed by atoms with Crippen LogP contribution in [0, 0.1) is 11.7 Å². The fraction of sp³-hybridized carbons (Fsp3) is 0.381. The van der Waals surface area contributed by atoms with E-state index >= 15 is 0 Å². The Morgan fingerprint density at radius 1 is 1.10 bits per heavy atom. The molecule has 158 valence electrons. The molecule has 2 aliphatic rings. The van der Waals surface area contributed by atoms with Crippen LogP contribution in [0.4, 0.5) is 20.6 Å². The first-order valence-electron chi connectivity index (χ1n) is 9.78. The van der Waals surface area contributed by atoms with Crippen molar-refractivity contribution in [3.63, 3.8) is 0 Å². The number of nitrogens with one attached hydrogen (secondary N) is 2. The van der Waals surface area contributed by atoms with Gasteiger partial charge in [-0.05, 0) is 55.0 Å². The Labute approximate surface area is 177 Å². The molecule has 1 aromatic heterocycles. The number of halogens is 1. The van der Waals surface area contributed by atoms with Crippen LogP contribution in [0.15, 0.2) is 41.2 Å². The molecule has 4 rings (SSSR count). The molecule has 2 bridgehead atoms. The average molecular weight is 431 g/mol. The van der Waals surface area contributed by atoms with E-state index in [1.165, 1.54) is 36.0 Å². The number of urea groups is 1. The van der Waals surface area contributed by atoms with Gasteiger partial charge >= 0.3 is 6.03 Å². The number of hydrogen-bond acceptors (Lipinski definition) is 4. The van der Waals surface area contributed by atoms with Crippen LogP contribution in [0.5, 0.6) is 0 Å². The third kappa shape index (κ3) is 4.21. The van der Waals surface area contributed by atoms with Crippen LogP contribution >= 0.6 is 11.8 Å². The zero-order valence-corrected chi connectivity index (χ0v) is 17.4. The molecular formula is C21H23FN4O3S. The van der Waals surface area contributed by atoms with Gasteiger partial charge in [0.1, 0.15) is 11.5 Å². The molecule has 1 saturated heterocycles. The number of pyridine rings is 1. The summed E-state index contributed by atoms with van der Waals surface area (Å²) in [5, 5.41) is 5.50. The van der Waals surface area contributed by atoms with E-state index in [2.05, 4.69) is 10.6 Å². The van der Waals surface area contributed by atoms with Crippen molar-refractivity contribution in [3.8, 4) is 0 Å². The van der Waals surface area contributed by atoms with Gasteiger partial charge in [0.15, 0.2) is 0 Å². The van der Waals surface area contributed by atoms with E-state index in [1.807, 2.05) is 12.3 Å². The lowest BCUT2D eigenvalue weighted by Crippen LogP contribution is -2.50. The smallest absolute Gasteiger partial charge is 0.321 e. The average Bonchev–Trinajstić information content (AvgIpc) is 2.72. The first kappa shape index (κ1) is 20.5. The largest absolute Gasteiger partial charge is 0.324 e. The van der Waals surface area contributed by atoms with Crippen molar-refractivity contribution in [2.24, 2.45) is 5.92 Å². The molecule has 0 aliphatic carbocycles. The molecular weight excluding hydrogens is 407 g/mol. The van der Waals surface area contributed by atoms with Gasteiger partial charge in [0.05, 0.1) is 5.75 Å². The topological polar surface area (TPSA) is 83.4 Å². The highest BCUT2D eigenvalue weighted by atomic mass is 32.2. The van der Waals surface area contributed by atoms with Crippen LogP contribution in [0.1, 0.15) is 18.0 Å². The number of benzene rings is 1. The number of fused-ring (bicyclic) bond motifs is 4. The highest BCUT2D eigenvalue weighted by molar-refractivity contribution is 7.99. The second kappa shape index (κ2) is 8.51. The quantitative estimate of drug-likeness (QED) is 0.781. The van der Waals surface area contributed by atoms with E-state index < -0.39 is 0 Å². The molecule has 1 aromatic carbocycles. The molecule has 9 heteroatoms. The highest BCUT2D eigenvalue weighted by Gasteiger charge is 2.36. The molecule has 0 spiro atoms. The van der Waals surface area contributed by atoms with E-state index in [-0.39, 0.29) is 35.2 Å². The van der Waals surface area contributed by atoms with Gasteiger partial charge < -0.3 is 20.1 Å². The summed E-state index contributed by atoms with van der Waals surface area (Å²) in [6, 6.07) is 8.97. The predicted molar refractivity (Wildman–Crippen MR) is 116 cm³/mol. The SMILES string of the molecule is CSCC(=O)Nc1ccc2n(c1=O)CC1CC2CN(C(=O)Nc2ccc(F)cc2)C1. The zero-order valence-electron chi connectivity index (χ0n) is 16.6. The maximum atomic E-state index is 13.1. The van der Waals surface area contributed by atoms with Gasteiger partial charge in [0, 0.05) is 36.9 Å². The lowest BCUT2D eigenvalue weighted by atomic mass is 9.83. The van der Waals surface area contributed by atoms with Crippen LogP contribution < -0.4 is 16.2 Å². The Morgan fingerprint density at radius 2 is 1.87 bits per heavy atom. The summed E-state index contributed by atoms with van der Waals surface area (Å²) in [7, 11) is 0. The first-order chi connectivity index (χ1) is 14.4. The molecule has 3 amide bonds. The van der Waals surface area contributed by atoms with Gasteiger partial charge in [-0.2, -0.15) is 11.8 Å². The van der Waals surface area contributed by atoms with Gasteiger partial charge in [-0.1, -0.05) is 0 Å². The van der Waals surface area contributed by atoms with Crippen molar-refractivity contribution < 1.29 is 14.0 Å². The number of thioether (sulfide) groups is 1. The third-order valence-corrected chi connectivity index (χ3v) is 6.09. The fourth-order valence-electron chi connectivity index (χ4n) is 4.26. The second-order valence-electron chi connectivity index (χ2n) is 7.71. The summed E-state index contributed by atoms with van der Waals surface area (Å²) in [5.74, 6) is -0.0403. The number of nitrogens with zero attached hydrogens (tertiary/aromatic N) is 2. The molecule has 1 fully saturated rings. The number of carbonyl (C=O) groups is 2. The van der Waals surface area contributed by atoms with Crippen molar-refractivity contribution >= 4 is 35.1 Å². The Hall–Kier alpha value is -2.81. The molecule has 3 heterocycles. The van der Waals surface area contributed by atoms with Gasteiger partial charge in [0.2, 0.25) is 5.91 Å². The number of anilines is 2. The van der Waals surface area contributed by atoms with Crippen LogP contribution in [0.2, 0.25) is 0 Å². The maximum Gasteiger partial charge on any atom is 0.321 e. The van der Waals surface area contributed by atoms with Crippen molar-refractivity contribution in [1.82, 2.24) is 9.47 Å². The summed E-state index contributed by atoms with van der Waals surface area (Å²) in [5.41, 5.74) is 1.53. The standard InChI is InChI=1S/C21H23FN4O3S/c1-30-12-19(27)24-17-6-7-18-14-8-13(10-26(18)20(17)28)9-25(11-14)21(29)23-16-4-2-15(22)3-5-16/h2-7,13-14H,8-12H2,1H3,(H,23,29)(H,24,27). The summed E-state index contributed by atoms with van der Waals surface area (Å²) in [6.07, 6.45) is 2.75. The number of rotatable bonds is 4. The first-order valence-corrected chi connectivity index (χ1v) is 11.2. The minimum atomic E-state index is -0.355. The van der Waals surface area contributed by atoms with Crippen molar-refractivity contribution in [2.75, 3.05) is 35.7 Å². The lowest BCUT2D eigenvalue weighted by molar-refractivity contribution is -0.113. The number of carbonyl (C=O) groups excluding carboxylic acids is 2. The van der Waals surface area contributed by atoms with Crippen molar-refractivity contribution in [2.45, 2.75) is 18.9 Å². The molecule has 2 aromatic rings. The molecule has 2 unspecified atom stereocenters. The predicted octanol–water partition coefficient (Wildman–Crippen LogP) is 2.94. The van der Waals surface area contributed by atoms with Crippen LogP contribution in [0.3, 0.4) is 0 Å². The van der Waals surface area contributed by atoms with Crippen LogP contribution in [-0.4, -0.2) is 46.5 Å². The Balaban J connectivity index is 1.50. The number of amides is 3. The normalized spacial score (nSPS) is 19.7. The number of likely N-dealkylation sites (tertiary alicyclic amines) is 1. The Bertz CT molecular complexity index is 1020. The monoisotopic (exact) mass is 430 g/mol. The second-order valence-corrected chi connectivity index (χ2v) is 8.58. The molecule has 30 heavy (non-hydrogen) atoms. The van der Waals surface area contributed by atoms with Crippen LogP contribution in [0.25, 0.3) is 0 Å². The minimum absolute atomic E-state index is 0.0557. The molecule has 0 saturated carbocycles. The minimum Gasteiger partial charge on any atom is -0.324 e. The van der Waals surface area contributed by atoms with E-state index in [0.29, 0.717) is 36.8 Å². The highest BCUT2D eigenvalue weighted by Crippen LogP contribution is 2.35. The molecule has 0 radical (unpaired) electrons. The summed E-state index contributed by atoms with van der Waals surface area (Å²) < 4.78 is 14.8. The third-order valence-electron chi connectivity index (χ3n) is 5.54. The van der Waals surface area contributed by atoms with E-state index in [0.717, 1.165) is 12.1 Å². The summed E-state index contributed by atoms with van der Waals surface area (Å²) in [6.45, 7) is 1.55. The lowest BCUT2D eigenvalue weighted by Gasteiger charge is -2.42. The van der Waals surface area contributed by atoms with Gasteiger partial charge in [0.25, 0.3) is 5.56 Å². The Morgan fingerprint density at radius 3 is 2.60 bits per heavy atom. The number of hydrogen-bond donors (Lipinski definition) is 2. The fourth-order valence-corrected chi connectivity index (χ4v) is 4.59. The zero-order chi connectivity index (χ0) is 21.3. The van der Waals surface area contributed by atoms with E-state index in [9.17, 15) is 18.8 Å². The maximum absolute atomic E-state index is 13.1.